The molecule has 1 aromatic heterocycles. The quantitative estimate of drug-likeness (QED) is 0.328. The Morgan fingerprint density at radius 3 is 2.68 bits per heavy atom. The summed E-state index contributed by atoms with van der Waals surface area (Å²) < 4.78 is 16.5. The zero-order valence-corrected chi connectivity index (χ0v) is 17.8. The predicted molar refractivity (Wildman–Crippen MR) is 118 cm³/mol. The molecule has 3 aromatic rings. The van der Waals surface area contributed by atoms with Crippen molar-refractivity contribution in [2.24, 2.45) is 0 Å². The van der Waals surface area contributed by atoms with E-state index in [1.54, 1.807) is 6.08 Å². The molecule has 31 heavy (non-hydrogen) atoms. The van der Waals surface area contributed by atoms with Gasteiger partial charge in [0.2, 0.25) is 6.79 Å². The number of amides is 1. The summed E-state index contributed by atoms with van der Waals surface area (Å²) in [5.41, 5.74) is 0.522. The van der Waals surface area contributed by atoms with E-state index in [9.17, 15) is 14.4 Å². The highest BCUT2D eigenvalue weighted by Crippen LogP contribution is 2.37. The number of fused-ring (bicyclic) bond motifs is 2. The minimum Gasteiger partial charge on any atom is -0.454 e. The Morgan fingerprint density at radius 1 is 1.19 bits per heavy atom. The van der Waals surface area contributed by atoms with Gasteiger partial charge in [-0.25, -0.2) is 4.79 Å². The van der Waals surface area contributed by atoms with Gasteiger partial charge in [-0.2, -0.15) is 0 Å². The summed E-state index contributed by atoms with van der Waals surface area (Å²) in [6.45, 7) is 0.893. The molecule has 4 rings (SSSR count). The molecule has 0 saturated heterocycles. The first-order valence-corrected chi connectivity index (χ1v) is 10.4. The van der Waals surface area contributed by atoms with Crippen molar-refractivity contribution in [3.8, 4) is 11.5 Å². The molecule has 0 radical (unpaired) electrons. The van der Waals surface area contributed by atoms with Gasteiger partial charge in [-0.1, -0.05) is 29.8 Å². The molecule has 0 unspecified atom stereocenters. The van der Waals surface area contributed by atoms with Crippen LogP contribution in [0, 0.1) is 0 Å². The molecule has 1 N–H and O–H groups in total. The Bertz CT molecular complexity index is 1230. The molecule has 0 saturated carbocycles. The van der Waals surface area contributed by atoms with Crippen LogP contribution in [0.3, 0.4) is 0 Å². The van der Waals surface area contributed by atoms with Gasteiger partial charge in [0, 0.05) is 32.7 Å². The minimum atomic E-state index is -0.693. The van der Waals surface area contributed by atoms with Crippen LogP contribution in [0.2, 0.25) is 5.02 Å². The van der Waals surface area contributed by atoms with E-state index in [-0.39, 0.29) is 23.8 Å². The highest BCUT2D eigenvalue weighted by Gasteiger charge is 2.20. The maximum absolute atomic E-state index is 12.2. The molecule has 2 heterocycles. The first-order chi connectivity index (χ1) is 14.9. The van der Waals surface area contributed by atoms with Gasteiger partial charge in [-0.15, -0.1) is 11.3 Å². The van der Waals surface area contributed by atoms with Crippen LogP contribution in [0.4, 0.5) is 5.69 Å². The highest BCUT2D eigenvalue weighted by atomic mass is 35.5. The molecule has 1 amide bonds. The van der Waals surface area contributed by atoms with E-state index in [4.69, 9.17) is 25.8 Å². The second kappa shape index (κ2) is 8.79. The summed E-state index contributed by atoms with van der Waals surface area (Å²) in [5, 5.41) is 4.03. The Labute approximate surface area is 186 Å². The fourth-order valence-electron chi connectivity index (χ4n) is 2.99. The second-order valence-corrected chi connectivity index (χ2v) is 8.03. The average molecular weight is 458 g/mol. The summed E-state index contributed by atoms with van der Waals surface area (Å²) in [7, 11) is 0. The van der Waals surface area contributed by atoms with Gasteiger partial charge in [-0.05, 0) is 25.1 Å². The van der Waals surface area contributed by atoms with Crippen molar-refractivity contribution in [2.75, 3.05) is 18.7 Å². The first kappa shape index (κ1) is 20.9. The number of esters is 1. The number of anilines is 1. The molecule has 0 spiro atoms. The largest absolute Gasteiger partial charge is 0.454 e. The Balaban J connectivity index is 1.38. The van der Waals surface area contributed by atoms with Crippen molar-refractivity contribution < 1.29 is 28.6 Å². The number of rotatable bonds is 6. The Hall–Kier alpha value is -3.36. The molecule has 2 aromatic carbocycles. The predicted octanol–water partition coefficient (Wildman–Crippen LogP) is 4.68. The summed E-state index contributed by atoms with van der Waals surface area (Å²) >= 11 is 7.78. The van der Waals surface area contributed by atoms with Gasteiger partial charge in [0.15, 0.2) is 23.9 Å². The van der Waals surface area contributed by atoms with E-state index in [0.29, 0.717) is 16.5 Å². The van der Waals surface area contributed by atoms with Gasteiger partial charge >= 0.3 is 5.97 Å². The smallest absolute Gasteiger partial charge is 0.331 e. The SMILES string of the molecule is CC(=O)c1cc2c(cc1NC(=O)COC(=O)/C=C/c1sc3ccccc3c1Cl)OCO2. The highest BCUT2D eigenvalue weighted by molar-refractivity contribution is 7.20. The summed E-state index contributed by atoms with van der Waals surface area (Å²) in [5.74, 6) is -0.696. The number of carbonyl (C=O) groups is 3. The number of carbonyl (C=O) groups excluding carboxylic acids is 3. The van der Waals surface area contributed by atoms with Gasteiger partial charge in [0.05, 0.1) is 10.7 Å². The molecular weight excluding hydrogens is 442 g/mol. The zero-order valence-electron chi connectivity index (χ0n) is 16.3. The lowest BCUT2D eigenvalue weighted by atomic mass is 10.1. The molecule has 9 heteroatoms. The normalized spacial score (nSPS) is 12.3. The van der Waals surface area contributed by atoms with E-state index in [1.165, 1.54) is 36.5 Å². The maximum atomic E-state index is 12.2. The third-order valence-electron chi connectivity index (χ3n) is 4.44. The molecule has 158 valence electrons. The molecular formula is C22H16ClNO6S. The van der Waals surface area contributed by atoms with Crippen molar-refractivity contribution in [2.45, 2.75) is 6.92 Å². The standard InChI is InChI=1S/C22H16ClNO6S/c1-12(25)14-8-16-17(30-11-29-16)9-15(14)24-20(26)10-28-21(27)7-6-19-22(23)13-4-2-3-5-18(13)31-19/h2-9H,10-11H2,1H3,(H,24,26)/b7-6+. The van der Waals surface area contributed by atoms with Crippen LogP contribution in [0.1, 0.15) is 22.2 Å². The topological polar surface area (TPSA) is 90.9 Å². The van der Waals surface area contributed by atoms with Crippen molar-refractivity contribution in [1.82, 2.24) is 0 Å². The van der Waals surface area contributed by atoms with Gasteiger partial charge in [-0.3, -0.25) is 9.59 Å². The number of Topliss-reactive ketones (excluding diaryl/α,β-unsaturated/α-hetero) is 1. The van der Waals surface area contributed by atoms with Crippen LogP contribution < -0.4 is 14.8 Å². The lowest BCUT2D eigenvalue weighted by Gasteiger charge is -2.10. The molecule has 7 nitrogen and oxygen atoms in total. The molecule has 0 atom stereocenters. The zero-order chi connectivity index (χ0) is 22.0. The monoisotopic (exact) mass is 457 g/mol. The van der Waals surface area contributed by atoms with Crippen molar-refractivity contribution in [1.29, 1.82) is 0 Å². The van der Waals surface area contributed by atoms with Crippen LogP contribution in [0.5, 0.6) is 11.5 Å². The fourth-order valence-corrected chi connectivity index (χ4v) is 4.39. The number of hydrogen-bond donors (Lipinski definition) is 1. The molecule has 1 aliphatic heterocycles. The summed E-state index contributed by atoms with van der Waals surface area (Å²) in [4.78, 5) is 36.8. The van der Waals surface area contributed by atoms with Gasteiger partial charge < -0.3 is 19.5 Å². The van der Waals surface area contributed by atoms with Crippen molar-refractivity contribution in [3.05, 3.63) is 57.9 Å². The van der Waals surface area contributed by atoms with Crippen molar-refractivity contribution >= 4 is 62.4 Å². The van der Waals surface area contributed by atoms with E-state index >= 15 is 0 Å². The number of ether oxygens (including phenoxy) is 3. The second-order valence-electron chi connectivity index (χ2n) is 6.57. The van der Waals surface area contributed by atoms with Crippen LogP contribution >= 0.6 is 22.9 Å². The van der Waals surface area contributed by atoms with E-state index in [2.05, 4.69) is 5.32 Å². The minimum absolute atomic E-state index is 0.0395. The van der Waals surface area contributed by atoms with E-state index in [1.807, 2.05) is 24.3 Å². The van der Waals surface area contributed by atoms with Crippen LogP contribution in [0.15, 0.2) is 42.5 Å². The molecule has 0 aliphatic carbocycles. The number of halogens is 1. The maximum Gasteiger partial charge on any atom is 0.331 e. The number of thiophene rings is 1. The molecule has 0 fully saturated rings. The first-order valence-electron chi connectivity index (χ1n) is 9.18. The van der Waals surface area contributed by atoms with E-state index in [0.717, 1.165) is 15.0 Å². The third-order valence-corrected chi connectivity index (χ3v) is 6.10. The number of benzene rings is 2. The van der Waals surface area contributed by atoms with Gasteiger partial charge in [0.25, 0.3) is 5.91 Å². The molecule has 1 aliphatic rings. The van der Waals surface area contributed by atoms with Crippen LogP contribution in [-0.2, 0) is 14.3 Å². The summed E-state index contributed by atoms with van der Waals surface area (Å²) in [6.07, 6.45) is 2.77. The van der Waals surface area contributed by atoms with Gasteiger partial charge in [0.1, 0.15) is 0 Å². The van der Waals surface area contributed by atoms with Crippen molar-refractivity contribution in [3.63, 3.8) is 0 Å². The number of nitrogens with one attached hydrogen (secondary N) is 1. The lowest BCUT2D eigenvalue weighted by molar-refractivity contribution is -0.142. The molecule has 0 bridgehead atoms. The lowest BCUT2D eigenvalue weighted by Crippen LogP contribution is -2.21. The summed E-state index contributed by atoms with van der Waals surface area (Å²) in [6, 6.07) is 10.6. The van der Waals surface area contributed by atoms with E-state index < -0.39 is 18.5 Å². The van der Waals surface area contributed by atoms with Crippen LogP contribution in [0.25, 0.3) is 16.2 Å². The average Bonchev–Trinajstić information content (AvgIpc) is 3.34. The Kier molecular flexibility index (Phi) is 5.92. The number of hydrogen-bond acceptors (Lipinski definition) is 7. The van der Waals surface area contributed by atoms with Crippen LogP contribution in [-0.4, -0.2) is 31.1 Å². The Morgan fingerprint density at radius 2 is 1.94 bits per heavy atom. The fraction of sp³-hybridized carbons (Fsp3) is 0.136. The number of ketones is 1. The third kappa shape index (κ3) is 4.55.